The quantitative estimate of drug-likeness (QED) is 0.739. The van der Waals surface area contributed by atoms with Gasteiger partial charge >= 0.3 is 5.97 Å². The van der Waals surface area contributed by atoms with Crippen LogP contribution in [0.1, 0.15) is 5.56 Å². The molecule has 0 aliphatic carbocycles. The summed E-state index contributed by atoms with van der Waals surface area (Å²) in [5.41, 5.74) is 6.46. The van der Waals surface area contributed by atoms with Crippen LogP contribution < -0.4 is 5.73 Å². The van der Waals surface area contributed by atoms with E-state index in [2.05, 4.69) is 45.2 Å². The van der Waals surface area contributed by atoms with Gasteiger partial charge in [0, 0.05) is 7.14 Å². The smallest absolute Gasteiger partial charge is 0.320 e. The topological polar surface area (TPSA) is 63.3 Å². The minimum Gasteiger partial charge on any atom is -0.480 e. The lowest BCUT2D eigenvalue weighted by Crippen LogP contribution is -2.32. The van der Waals surface area contributed by atoms with E-state index >= 15 is 0 Å². The van der Waals surface area contributed by atoms with Crippen LogP contribution in [0.4, 0.5) is 0 Å². The zero-order valence-corrected chi connectivity index (χ0v) is 11.5. The highest BCUT2D eigenvalue weighted by Crippen LogP contribution is 2.17. The largest absolute Gasteiger partial charge is 0.480 e. The van der Waals surface area contributed by atoms with Crippen LogP contribution in [0.25, 0.3) is 0 Å². The van der Waals surface area contributed by atoms with E-state index in [0.29, 0.717) is 6.42 Å². The summed E-state index contributed by atoms with van der Waals surface area (Å²) in [6.07, 6.45) is 0.379. The molecule has 0 heterocycles. The van der Waals surface area contributed by atoms with Crippen LogP contribution in [0.15, 0.2) is 18.2 Å². The average molecular weight is 417 g/mol. The lowest BCUT2D eigenvalue weighted by atomic mass is 10.1. The van der Waals surface area contributed by atoms with Gasteiger partial charge in [0.1, 0.15) is 6.04 Å². The number of carbonyl (C=O) groups is 1. The van der Waals surface area contributed by atoms with E-state index in [1.165, 1.54) is 0 Å². The summed E-state index contributed by atoms with van der Waals surface area (Å²) in [6, 6.07) is 5.09. The third kappa shape index (κ3) is 3.35. The van der Waals surface area contributed by atoms with Gasteiger partial charge in [0.2, 0.25) is 0 Å². The number of nitrogens with two attached hydrogens (primary N) is 1. The maximum Gasteiger partial charge on any atom is 0.320 e. The molecule has 0 aromatic heterocycles. The van der Waals surface area contributed by atoms with Crippen LogP contribution in [-0.4, -0.2) is 17.1 Å². The van der Waals surface area contributed by atoms with Crippen LogP contribution in [-0.2, 0) is 11.2 Å². The third-order valence-electron chi connectivity index (χ3n) is 1.76. The first-order valence-corrected chi connectivity index (χ1v) is 6.09. The first kappa shape index (κ1) is 12.2. The second kappa shape index (κ2) is 5.26. The van der Waals surface area contributed by atoms with Crippen molar-refractivity contribution >= 4 is 51.2 Å². The molecule has 0 spiro atoms. The van der Waals surface area contributed by atoms with Gasteiger partial charge in [0.25, 0.3) is 0 Å². The van der Waals surface area contributed by atoms with Gasteiger partial charge in [-0.25, -0.2) is 0 Å². The number of halogens is 2. The second-order valence-electron chi connectivity index (χ2n) is 2.88. The number of carboxylic acid groups (broad SMARTS) is 1. The molecule has 1 aromatic carbocycles. The van der Waals surface area contributed by atoms with Crippen LogP contribution in [0.5, 0.6) is 0 Å². The molecule has 1 atom stereocenters. The Morgan fingerprint density at radius 1 is 1.50 bits per heavy atom. The molecular weight excluding hydrogens is 408 g/mol. The summed E-state index contributed by atoms with van der Waals surface area (Å²) >= 11 is 4.38. The van der Waals surface area contributed by atoms with Crippen molar-refractivity contribution in [3.63, 3.8) is 0 Å². The Bertz CT molecular complexity index is 355. The van der Waals surface area contributed by atoms with Gasteiger partial charge in [-0.15, -0.1) is 0 Å². The number of rotatable bonds is 3. The van der Waals surface area contributed by atoms with Crippen LogP contribution in [0.3, 0.4) is 0 Å². The number of aliphatic carboxylic acids is 1. The van der Waals surface area contributed by atoms with E-state index in [-0.39, 0.29) is 0 Å². The van der Waals surface area contributed by atoms with Crippen LogP contribution in [0, 0.1) is 7.14 Å². The van der Waals surface area contributed by atoms with Gasteiger partial charge < -0.3 is 10.8 Å². The fraction of sp³-hybridized carbons (Fsp3) is 0.222. The molecule has 0 radical (unpaired) electrons. The highest BCUT2D eigenvalue weighted by Gasteiger charge is 2.13. The van der Waals surface area contributed by atoms with E-state index < -0.39 is 12.0 Å². The highest BCUT2D eigenvalue weighted by molar-refractivity contribution is 14.1. The van der Waals surface area contributed by atoms with Gasteiger partial charge in [-0.2, -0.15) is 0 Å². The molecule has 0 amide bonds. The first-order chi connectivity index (χ1) is 6.50. The van der Waals surface area contributed by atoms with Gasteiger partial charge in [0.15, 0.2) is 0 Å². The summed E-state index contributed by atoms with van der Waals surface area (Å²) in [5, 5.41) is 8.67. The number of benzene rings is 1. The van der Waals surface area contributed by atoms with Crippen molar-refractivity contribution in [3.05, 3.63) is 30.9 Å². The Morgan fingerprint density at radius 3 is 2.71 bits per heavy atom. The Morgan fingerprint density at radius 2 is 2.14 bits per heavy atom. The van der Waals surface area contributed by atoms with Crippen LogP contribution in [0.2, 0.25) is 0 Å². The van der Waals surface area contributed by atoms with Crippen molar-refractivity contribution in [2.24, 2.45) is 5.73 Å². The summed E-state index contributed by atoms with van der Waals surface area (Å²) in [5.74, 6) is -0.959. The Balaban J connectivity index is 2.85. The van der Waals surface area contributed by atoms with Gasteiger partial charge in [-0.3, -0.25) is 4.79 Å². The molecule has 0 bridgehead atoms. The normalized spacial score (nSPS) is 12.5. The summed E-state index contributed by atoms with van der Waals surface area (Å²) in [7, 11) is 0. The molecule has 1 unspecified atom stereocenters. The molecule has 3 nitrogen and oxygen atoms in total. The van der Waals surface area contributed by atoms with Crippen molar-refractivity contribution in [2.45, 2.75) is 12.5 Å². The van der Waals surface area contributed by atoms with Crippen LogP contribution >= 0.6 is 45.2 Å². The van der Waals surface area contributed by atoms with E-state index in [4.69, 9.17) is 10.8 Å². The number of carboxylic acids is 1. The molecule has 14 heavy (non-hydrogen) atoms. The molecule has 0 saturated heterocycles. The molecule has 0 fully saturated rings. The molecule has 0 saturated carbocycles. The van der Waals surface area contributed by atoms with E-state index in [1.54, 1.807) is 0 Å². The molecule has 0 aliphatic heterocycles. The van der Waals surface area contributed by atoms with E-state index in [0.717, 1.165) is 12.7 Å². The summed E-state index contributed by atoms with van der Waals surface area (Å²) < 4.78 is 2.15. The molecule has 3 N–H and O–H groups in total. The standard InChI is InChI=1S/C9H9I2NO2/c10-6-1-2-7(11)5(3-6)4-8(12)9(13)14/h1-3,8H,4,12H2,(H,13,14). The third-order valence-corrected chi connectivity index (χ3v) is 3.49. The summed E-state index contributed by atoms with van der Waals surface area (Å²) in [6.45, 7) is 0. The zero-order chi connectivity index (χ0) is 10.7. The Kier molecular flexibility index (Phi) is 4.58. The van der Waals surface area contributed by atoms with E-state index in [1.807, 2.05) is 18.2 Å². The Labute approximate surface area is 109 Å². The molecule has 0 aliphatic rings. The fourth-order valence-electron chi connectivity index (χ4n) is 1.02. The minimum atomic E-state index is -0.959. The number of hydrogen-bond acceptors (Lipinski definition) is 2. The van der Waals surface area contributed by atoms with Crippen molar-refractivity contribution in [2.75, 3.05) is 0 Å². The molecule has 76 valence electrons. The van der Waals surface area contributed by atoms with Gasteiger partial charge in [0.05, 0.1) is 0 Å². The summed E-state index contributed by atoms with van der Waals surface area (Å²) in [4.78, 5) is 10.6. The average Bonchev–Trinajstić information content (AvgIpc) is 2.11. The van der Waals surface area contributed by atoms with Crippen molar-refractivity contribution in [1.82, 2.24) is 0 Å². The molecule has 1 aromatic rings. The molecule has 1 rings (SSSR count). The lowest BCUT2D eigenvalue weighted by Gasteiger charge is -2.08. The second-order valence-corrected chi connectivity index (χ2v) is 5.29. The van der Waals surface area contributed by atoms with Gasteiger partial charge in [-0.05, 0) is 75.4 Å². The predicted molar refractivity (Wildman–Crippen MR) is 71.2 cm³/mol. The van der Waals surface area contributed by atoms with E-state index in [9.17, 15) is 4.79 Å². The predicted octanol–water partition coefficient (Wildman–Crippen LogP) is 1.85. The zero-order valence-electron chi connectivity index (χ0n) is 7.21. The van der Waals surface area contributed by atoms with Gasteiger partial charge in [-0.1, -0.05) is 0 Å². The molecule has 5 heteroatoms. The highest BCUT2D eigenvalue weighted by atomic mass is 127. The Hall–Kier alpha value is 0.110. The minimum absolute atomic E-state index is 0.379. The monoisotopic (exact) mass is 417 g/mol. The maximum atomic E-state index is 10.6. The number of hydrogen-bond donors (Lipinski definition) is 2. The maximum absolute atomic E-state index is 10.6. The fourth-order valence-corrected chi connectivity index (χ4v) is 2.14. The first-order valence-electron chi connectivity index (χ1n) is 3.93. The van der Waals surface area contributed by atoms with Crippen molar-refractivity contribution in [1.29, 1.82) is 0 Å². The lowest BCUT2D eigenvalue weighted by molar-refractivity contribution is -0.138. The SMILES string of the molecule is NC(Cc1cc(I)ccc1I)C(=O)O. The van der Waals surface area contributed by atoms with Crippen molar-refractivity contribution in [3.8, 4) is 0 Å². The molecular formula is C9H9I2NO2. The van der Waals surface area contributed by atoms with Crippen molar-refractivity contribution < 1.29 is 9.90 Å².